The molecule has 0 aliphatic rings. The van der Waals surface area contributed by atoms with Crippen molar-refractivity contribution in [3.63, 3.8) is 0 Å². The molecule has 3 aromatic rings. The molecule has 0 aliphatic carbocycles. The second-order valence-corrected chi connectivity index (χ2v) is 4.73. The standard InChI is InChI=1S/C17H11F3N2/c18-17(19,20)16-11-14(12-3-7-21-8-4-12)1-2-15(16)13-5-9-22-10-6-13/h1-11H. The van der Waals surface area contributed by atoms with Gasteiger partial charge in [-0.05, 0) is 52.6 Å². The van der Waals surface area contributed by atoms with Crippen LogP contribution >= 0.6 is 0 Å². The van der Waals surface area contributed by atoms with E-state index < -0.39 is 11.7 Å². The minimum atomic E-state index is -4.43. The second kappa shape index (κ2) is 5.60. The zero-order chi connectivity index (χ0) is 15.6. The molecule has 2 aromatic heterocycles. The Morgan fingerprint density at radius 1 is 0.636 bits per heavy atom. The summed E-state index contributed by atoms with van der Waals surface area (Å²) in [5.41, 5.74) is 1.18. The third-order valence-corrected chi connectivity index (χ3v) is 3.33. The van der Waals surface area contributed by atoms with Gasteiger partial charge in [-0.1, -0.05) is 12.1 Å². The molecule has 5 heteroatoms. The van der Waals surface area contributed by atoms with Gasteiger partial charge in [0.15, 0.2) is 0 Å². The molecular weight excluding hydrogens is 289 g/mol. The predicted octanol–water partition coefficient (Wildman–Crippen LogP) is 4.83. The molecule has 0 spiro atoms. The zero-order valence-electron chi connectivity index (χ0n) is 11.4. The Labute approximate surface area is 125 Å². The third kappa shape index (κ3) is 2.83. The molecule has 1 aromatic carbocycles. The van der Waals surface area contributed by atoms with Gasteiger partial charge in [0.2, 0.25) is 0 Å². The largest absolute Gasteiger partial charge is 0.417 e. The van der Waals surface area contributed by atoms with E-state index in [1.165, 1.54) is 24.5 Å². The van der Waals surface area contributed by atoms with Crippen LogP contribution in [0.4, 0.5) is 13.2 Å². The molecule has 0 atom stereocenters. The van der Waals surface area contributed by atoms with Crippen LogP contribution in [-0.4, -0.2) is 9.97 Å². The molecule has 2 nitrogen and oxygen atoms in total. The van der Waals surface area contributed by atoms with Crippen LogP contribution in [0.5, 0.6) is 0 Å². The van der Waals surface area contributed by atoms with Gasteiger partial charge in [0.05, 0.1) is 5.56 Å². The summed E-state index contributed by atoms with van der Waals surface area (Å²) in [6, 6.07) is 10.8. The van der Waals surface area contributed by atoms with Crippen molar-refractivity contribution in [2.24, 2.45) is 0 Å². The fourth-order valence-electron chi connectivity index (χ4n) is 2.29. The minimum absolute atomic E-state index is 0.146. The Balaban J connectivity index is 2.17. The first-order valence-electron chi connectivity index (χ1n) is 6.58. The average molecular weight is 300 g/mol. The number of hydrogen-bond donors (Lipinski definition) is 0. The highest BCUT2D eigenvalue weighted by molar-refractivity contribution is 5.74. The molecule has 0 saturated carbocycles. The maximum atomic E-state index is 13.4. The number of halogens is 3. The van der Waals surface area contributed by atoms with E-state index in [9.17, 15) is 13.2 Å². The maximum absolute atomic E-state index is 13.4. The van der Waals surface area contributed by atoms with Gasteiger partial charge in [-0.3, -0.25) is 9.97 Å². The van der Waals surface area contributed by atoms with Gasteiger partial charge in [0.1, 0.15) is 0 Å². The lowest BCUT2D eigenvalue weighted by molar-refractivity contribution is -0.137. The summed E-state index contributed by atoms with van der Waals surface area (Å²) in [6.45, 7) is 0. The Hall–Kier alpha value is -2.69. The van der Waals surface area contributed by atoms with E-state index in [1.54, 1.807) is 42.7 Å². The third-order valence-electron chi connectivity index (χ3n) is 3.33. The van der Waals surface area contributed by atoms with Crippen molar-refractivity contribution < 1.29 is 13.2 Å². The molecule has 3 rings (SSSR count). The quantitative estimate of drug-likeness (QED) is 0.677. The molecule has 0 aliphatic heterocycles. The predicted molar refractivity (Wildman–Crippen MR) is 77.9 cm³/mol. The van der Waals surface area contributed by atoms with Crippen LogP contribution in [0, 0.1) is 0 Å². The first-order valence-corrected chi connectivity index (χ1v) is 6.58. The lowest BCUT2D eigenvalue weighted by atomic mass is 9.95. The first-order chi connectivity index (χ1) is 10.6. The van der Waals surface area contributed by atoms with E-state index >= 15 is 0 Å². The highest BCUT2D eigenvalue weighted by atomic mass is 19.4. The summed E-state index contributed by atoms with van der Waals surface area (Å²) < 4.78 is 40.2. The number of benzene rings is 1. The average Bonchev–Trinajstić information content (AvgIpc) is 2.55. The van der Waals surface area contributed by atoms with Gasteiger partial charge in [0.25, 0.3) is 0 Å². The number of pyridine rings is 2. The summed E-state index contributed by atoms with van der Waals surface area (Å²) in [6.07, 6.45) is 1.64. The van der Waals surface area contributed by atoms with Crippen LogP contribution in [0.3, 0.4) is 0 Å². The number of hydrogen-bond acceptors (Lipinski definition) is 2. The molecule has 0 unspecified atom stereocenters. The normalized spacial score (nSPS) is 11.4. The van der Waals surface area contributed by atoms with E-state index in [2.05, 4.69) is 9.97 Å². The Kier molecular flexibility index (Phi) is 3.63. The highest BCUT2D eigenvalue weighted by Crippen LogP contribution is 2.39. The smallest absolute Gasteiger partial charge is 0.265 e. The Morgan fingerprint density at radius 2 is 1.18 bits per heavy atom. The molecule has 0 saturated heterocycles. The van der Waals surface area contributed by atoms with E-state index in [-0.39, 0.29) is 5.56 Å². The number of nitrogens with zero attached hydrogens (tertiary/aromatic N) is 2. The van der Waals surface area contributed by atoms with Crippen molar-refractivity contribution >= 4 is 0 Å². The van der Waals surface area contributed by atoms with Crippen LogP contribution in [0.2, 0.25) is 0 Å². The van der Waals surface area contributed by atoms with E-state index in [0.717, 1.165) is 0 Å². The molecule has 0 fully saturated rings. The van der Waals surface area contributed by atoms with Crippen molar-refractivity contribution in [2.45, 2.75) is 6.18 Å². The molecule has 0 amide bonds. The van der Waals surface area contributed by atoms with Gasteiger partial charge >= 0.3 is 6.18 Å². The second-order valence-electron chi connectivity index (χ2n) is 4.73. The van der Waals surface area contributed by atoms with Crippen LogP contribution in [0.15, 0.2) is 67.3 Å². The summed E-state index contributed by atoms with van der Waals surface area (Å²) in [5.74, 6) is 0. The van der Waals surface area contributed by atoms with E-state index in [4.69, 9.17) is 0 Å². The Morgan fingerprint density at radius 3 is 1.73 bits per heavy atom. The first kappa shape index (κ1) is 14.3. The number of alkyl halides is 3. The van der Waals surface area contributed by atoms with Crippen molar-refractivity contribution in [2.75, 3.05) is 0 Å². The molecule has 22 heavy (non-hydrogen) atoms. The van der Waals surface area contributed by atoms with Gasteiger partial charge in [-0.25, -0.2) is 0 Å². The van der Waals surface area contributed by atoms with Gasteiger partial charge in [0, 0.05) is 24.8 Å². The topological polar surface area (TPSA) is 25.8 Å². The van der Waals surface area contributed by atoms with Gasteiger partial charge < -0.3 is 0 Å². The molecule has 2 heterocycles. The SMILES string of the molecule is FC(F)(F)c1cc(-c2ccncc2)ccc1-c1ccncc1. The summed E-state index contributed by atoms with van der Waals surface area (Å²) >= 11 is 0. The van der Waals surface area contributed by atoms with E-state index in [0.29, 0.717) is 16.7 Å². The number of rotatable bonds is 2. The van der Waals surface area contributed by atoms with Crippen LogP contribution < -0.4 is 0 Å². The highest BCUT2D eigenvalue weighted by Gasteiger charge is 2.34. The van der Waals surface area contributed by atoms with E-state index in [1.807, 2.05) is 0 Å². The maximum Gasteiger partial charge on any atom is 0.417 e. The Bertz CT molecular complexity index is 769. The molecule has 110 valence electrons. The summed E-state index contributed by atoms with van der Waals surface area (Å²) in [4.78, 5) is 7.72. The van der Waals surface area contributed by atoms with Crippen LogP contribution in [0.25, 0.3) is 22.3 Å². The zero-order valence-corrected chi connectivity index (χ0v) is 11.4. The lowest BCUT2D eigenvalue weighted by Crippen LogP contribution is -2.07. The monoisotopic (exact) mass is 300 g/mol. The fraction of sp³-hybridized carbons (Fsp3) is 0.0588. The van der Waals surface area contributed by atoms with Crippen LogP contribution in [0.1, 0.15) is 5.56 Å². The fourth-order valence-corrected chi connectivity index (χ4v) is 2.29. The van der Waals surface area contributed by atoms with Crippen molar-refractivity contribution in [3.8, 4) is 22.3 Å². The van der Waals surface area contributed by atoms with Gasteiger partial charge in [-0.2, -0.15) is 13.2 Å². The van der Waals surface area contributed by atoms with Crippen molar-refractivity contribution in [1.82, 2.24) is 9.97 Å². The summed E-state index contributed by atoms with van der Waals surface area (Å²) in [7, 11) is 0. The number of aromatic nitrogens is 2. The van der Waals surface area contributed by atoms with Crippen molar-refractivity contribution in [1.29, 1.82) is 0 Å². The summed E-state index contributed by atoms with van der Waals surface area (Å²) in [5, 5.41) is 0. The molecule has 0 radical (unpaired) electrons. The van der Waals surface area contributed by atoms with Gasteiger partial charge in [-0.15, -0.1) is 0 Å². The molecule has 0 bridgehead atoms. The van der Waals surface area contributed by atoms with Crippen LogP contribution in [-0.2, 0) is 6.18 Å². The molecule has 0 N–H and O–H groups in total. The minimum Gasteiger partial charge on any atom is -0.265 e. The van der Waals surface area contributed by atoms with Crippen molar-refractivity contribution in [3.05, 3.63) is 72.8 Å². The molecular formula is C17H11F3N2. The lowest BCUT2D eigenvalue weighted by Gasteiger charge is -2.15.